The SMILES string of the molecule is CCOC(=O)C(CCOC)c1ccc(Br)cc1.CSC(C)(C)C. The van der Waals surface area contributed by atoms with Crippen LogP contribution in [-0.4, -0.2) is 37.3 Å². The second-order valence-corrected chi connectivity index (χ2v) is 8.50. The summed E-state index contributed by atoms with van der Waals surface area (Å²) in [5.41, 5.74) is 0.962. The van der Waals surface area contributed by atoms with Crippen molar-refractivity contribution in [3.63, 3.8) is 0 Å². The molecule has 0 saturated carbocycles. The van der Waals surface area contributed by atoms with Gasteiger partial charge in [0.15, 0.2) is 0 Å². The summed E-state index contributed by atoms with van der Waals surface area (Å²) >= 11 is 5.26. The number of hydrogen-bond acceptors (Lipinski definition) is 4. The van der Waals surface area contributed by atoms with Crippen LogP contribution in [0.15, 0.2) is 28.7 Å². The molecule has 1 aromatic rings. The molecule has 1 unspecified atom stereocenters. The van der Waals surface area contributed by atoms with Crippen LogP contribution in [-0.2, 0) is 14.3 Å². The fourth-order valence-corrected chi connectivity index (χ4v) is 1.86. The van der Waals surface area contributed by atoms with Crippen molar-refractivity contribution in [2.24, 2.45) is 0 Å². The van der Waals surface area contributed by atoms with E-state index in [0.29, 0.717) is 24.4 Å². The second kappa shape index (κ2) is 11.9. The van der Waals surface area contributed by atoms with Gasteiger partial charge in [-0.15, -0.1) is 0 Å². The van der Waals surface area contributed by atoms with Crippen LogP contribution in [0, 0.1) is 0 Å². The average Bonchev–Trinajstić information content (AvgIpc) is 2.49. The third kappa shape index (κ3) is 10.8. The van der Waals surface area contributed by atoms with Gasteiger partial charge in [0, 0.05) is 22.9 Å². The molecule has 1 atom stereocenters. The van der Waals surface area contributed by atoms with Gasteiger partial charge in [-0.3, -0.25) is 4.79 Å². The monoisotopic (exact) mass is 404 g/mol. The molecular weight excluding hydrogens is 376 g/mol. The molecule has 0 radical (unpaired) electrons. The van der Waals surface area contributed by atoms with Crippen molar-refractivity contribution in [1.82, 2.24) is 0 Å². The highest BCUT2D eigenvalue weighted by molar-refractivity contribution is 9.10. The largest absolute Gasteiger partial charge is 0.466 e. The predicted molar refractivity (Wildman–Crippen MR) is 103 cm³/mol. The first-order chi connectivity index (χ1) is 10.7. The Morgan fingerprint density at radius 3 is 2.17 bits per heavy atom. The third-order valence-electron chi connectivity index (χ3n) is 3.07. The first-order valence-electron chi connectivity index (χ1n) is 7.71. The number of esters is 1. The minimum atomic E-state index is -0.247. The average molecular weight is 405 g/mol. The highest BCUT2D eigenvalue weighted by Crippen LogP contribution is 2.23. The lowest BCUT2D eigenvalue weighted by atomic mass is 9.96. The number of methoxy groups -OCH3 is 1. The Hall–Kier alpha value is -0.520. The van der Waals surface area contributed by atoms with Gasteiger partial charge in [-0.25, -0.2) is 0 Å². The van der Waals surface area contributed by atoms with E-state index >= 15 is 0 Å². The molecule has 0 aliphatic heterocycles. The van der Waals surface area contributed by atoms with E-state index in [1.165, 1.54) is 0 Å². The fourth-order valence-electron chi connectivity index (χ4n) is 1.59. The summed E-state index contributed by atoms with van der Waals surface area (Å²) < 4.78 is 11.6. The molecular formula is C18H29BrO3S. The molecule has 0 heterocycles. The maximum Gasteiger partial charge on any atom is 0.313 e. The summed E-state index contributed by atoms with van der Waals surface area (Å²) in [7, 11) is 1.63. The highest BCUT2D eigenvalue weighted by Gasteiger charge is 2.21. The van der Waals surface area contributed by atoms with Crippen molar-refractivity contribution in [1.29, 1.82) is 0 Å². The number of benzene rings is 1. The van der Waals surface area contributed by atoms with Gasteiger partial charge in [0.05, 0.1) is 12.5 Å². The van der Waals surface area contributed by atoms with Crippen LogP contribution in [0.2, 0.25) is 0 Å². The van der Waals surface area contributed by atoms with Gasteiger partial charge in [0.25, 0.3) is 0 Å². The number of rotatable bonds is 6. The van der Waals surface area contributed by atoms with E-state index in [0.717, 1.165) is 10.0 Å². The summed E-state index contributed by atoms with van der Waals surface area (Å²) in [6.07, 6.45) is 2.76. The van der Waals surface area contributed by atoms with Crippen LogP contribution in [0.1, 0.15) is 45.6 Å². The molecule has 3 nitrogen and oxygen atoms in total. The lowest BCUT2D eigenvalue weighted by molar-refractivity contribution is -0.145. The van der Waals surface area contributed by atoms with Gasteiger partial charge in [-0.05, 0) is 37.3 Å². The van der Waals surface area contributed by atoms with Crippen molar-refractivity contribution in [2.75, 3.05) is 26.6 Å². The molecule has 0 bridgehead atoms. The Morgan fingerprint density at radius 2 is 1.78 bits per heavy atom. The van der Waals surface area contributed by atoms with Gasteiger partial charge in [0.2, 0.25) is 0 Å². The first-order valence-corrected chi connectivity index (χ1v) is 9.73. The van der Waals surface area contributed by atoms with Crippen molar-refractivity contribution >= 4 is 33.7 Å². The molecule has 0 aliphatic rings. The van der Waals surface area contributed by atoms with Crippen LogP contribution in [0.4, 0.5) is 0 Å². The Labute approximate surface area is 153 Å². The van der Waals surface area contributed by atoms with E-state index in [9.17, 15) is 4.79 Å². The van der Waals surface area contributed by atoms with Gasteiger partial charge >= 0.3 is 5.97 Å². The molecule has 1 rings (SSSR count). The van der Waals surface area contributed by atoms with E-state index in [1.54, 1.807) is 7.11 Å². The van der Waals surface area contributed by atoms with Gasteiger partial charge in [0.1, 0.15) is 0 Å². The smallest absolute Gasteiger partial charge is 0.313 e. The molecule has 5 heteroatoms. The minimum Gasteiger partial charge on any atom is -0.466 e. The lowest BCUT2D eigenvalue weighted by Gasteiger charge is -2.15. The fraction of sp³-hybridized carbons (Fsp3) is 0.611. The zero-order valence-corrected chi connectivity index (χ0v) is 17.4. The van der Waals surface area contributed by atoms with E-state index < -0.39 is 0 Å². The van der Waals surface area contributed by atoms with Crippen LogP contribution >= 0.6 is 27.7 Å². The molecule has 0 fully saturated rings. The molecule has 23 heavy (non-hydrogen) atoms. The number of hydrogen-bond donors (Lipinski definition) is 0. The summed E-state index contributed by atoms with van der Waals surface area (Å²) in [6.45, 7) is 9.37. The van der Waals surface area contributed by atoms with E-state index in [1.807, 2.05) is 43.0 Å². The lowest BCUT2D eigenvalue weighted by Crippen LogP contribution is -2.17. The molecule has 0 saturated heterocycles. The number of halogens is 1. The molecule has 0 aliphatic carbocycles. The van der Waals surface area contributed by atoms with E-state index in [-0.39, 0.29) is 11.9 Å². The van der Waals surface area contributed by atoms with Crippen molar-refractivity contribution in [3.05, 3.63) is 34.3 Å². The molecule has 0 N–H and O–H groups in total. The Balaban J connectivity index is 0.000000688. The number of ether oxygens (including phenoxy) is 2. The first kappa shape index (κ1) is 22.5. The molecule has 0 aromatic heterocycles. The summed E-state index contributed by atoms with van der Waals surface area (Å²) in [5, 5.41) is 0. The van der Waals surface area contributed by atoms with Crippen molar-refractivity contribution in [2.45, 2.75) is 44.8 Å². The van der Waals surface area contributed by atoms with Gasteiger partial charge in [-0.1, -0.05) is 48.8 Å². The maximum atomic E-state index is 11.8. The van der Waals surface area contributed by atoms with Crippen LogP contribution in [0.3, 0.4) is 0 Å². The standard InChI is InChI=1S/C13H17BrO3.C5H12S/c1-3-17-13(15)12(8-9-16-2)10-4-6-11(14)7-5-10;1-5(2,3)6-4/h4-7,12H,3,8-9H2,1-2H3;1-4H3. The van der Waals surface area contributed by atoms with Crippen molar-refractivity contribution in [3.8, 4) is 0 Å². The molecule has 132 valence electrons. The number of carbonyl (C=O) groups is 1. The Kier molecular flexibility index (Phi) is 11.7. The van der Waals surface area contributed by atoms with E-state index in [2.05, 4.69) is 43.0 Å². The summed E-state index contributed by atoms with van der Waals surface area (Å²) in [5.74, 6) is -0.435. The highest BCUT2D eigenvalue weighted by atomic mass is 79.9. The zero-order chi connectivity index (χ0) is 17.9. The molecule has 0 amide bonds. The predicted octanol–water partition coefficient (Wildman–Crippen LogP) is 5.28. The van der Waals surface area contributed by atoms with Gasteiger partial charge < -0.3 is 9.47 Å². The normalized spacial score (nSPS) is 12.1. The van der Waals surface area contributed by atoms with Crippen LogP contribution in [0.25, 0.3) is 0 Å². The number of thioether (sulfide) groups is 1. The summed E-state index contributed by atoms with van der Waals surface area (Å²) in [6, 6.07) is 7.71. The van der Waals surface area contributed by atoms with E-state index in [4.69, 9.17) is 9.47 Å². The van der Waals surface area contributed by atoms with Gasteiger partial charge in [-0.2, -0.15) is 11.8 Å². The number of carbonyl (C=O) groups excluding carboxylic acids is 1. The second-order valence-electron chi connectivity index (χ2n) is 5.95. The minimum absolute atomic E-state index is 0.188. The van der Waals surface area contributed by atoms with Crippen LogP contribution in [0.5, 0.6) is 0 Å². The quantitative estimate of drug-likeness (QED) is 0.604. The molecule has 0 spiro atoms. The topological polar surface area (TPSA) is 35.5 Å². The third-order valence-corrected chi connectivity index (χ3v) is 4.82. The Bertz CT molecular complexity index is 441. The maximum absolute atomic E-state index is 11.8. The summed E-state index contributed by atoms with van der Waals surface area (Å²) in [4.78, 5) is 11.8. The zero-order valence-electron chi connectivity index (χ0n) is 15.0. The van der Waals surface area contributed by atoms with Crippen LogP contribution < -0.4 is 0 Å². The Morgan fingerprint density at radius 1 is 1.26 bits per heavy atom. The molecule has 1 aromatic carbocycles. The van der Waals surface area contributed by atoms with Crippen molar-refractivity contribution < 1.29 is 14.3 Å².